The number of carbonyl (C=O) groups is 2. The fourth-order valence-electron chi connectivity index (χ4n) is 1.29. The topological polar surface area (TPSA) is 142 Å². The Kier molecular flexibility index (Phi) is 5.42. The normalized spacial score (nSPS) is 11.4. The smallest absolute Gasteiger partial charge is 0.332 e. The summed E-state index contributed by atoms with van der Waals surface area (Å²) in [6.45, 7) is -0.0215. The SMILES string of the molecule is O=C(NCCC(O)C(=O)O)Nc1ccc([N+](=O)[O-])cc1. The lowest BCUT2D eigenvalue weighted by Gasteiger charge is -2.08. The third-order valence-electron chi connectivity index (χ3n) is 2.32. The first kappa shape index (κ1) is 15.4. The highest BCUT2D eigenvalue weighted by Gasteiger charge is 2.13. The van der Waals surface area contributed by atoms with Crippen LogP contribution in [-0.4, -0.2) is 39.8 Å². The molecule has 1 unspecified atom stereocenters. The van der Waals surface area contributed by atoms with Gasteiger partial charge in [0.05, 0.1) is 4.92 Å². The van der Waals surface area contributed by atoms with E-state index in [1.165, 1.54) is 24.3 Å². The van der Waals surface area contributed by atoms with Crippen LogP contribution in [-0.2, 0) is 4.79 Å². The molecule has 1 atom stereocenters. The third kappa shape index (κ3) is 4.90. The van der Waals surface area contributed by atoms with E-state index in [4.69, 9.17) is 10.2 Å². The molecule has 0 fully saturated rings. The molecule has 0 aliphatic carbocycles. The Morgan fingerprint density at radius 2 is 1.90 bits per heavy atom. The minimum atomic E-state index is -1.53. The van der Waals surface area contributed by atoms with Crippen LogP contribution in [0.15, 0.2) is 24.3 Å². The van der Waals surface area contributed by atoms with Crippen LogP contribution in [0.25, 0.3) is 0 Å². The summed E-state index contributed by atoms with van der Waals surface area (Å²) in [5.74, 6) is -1.36. The number of nitro groups is 1. The number of nitrogens with one attached hydrogen (secondary N) is 2. The van der Waals surface area contributed by atoms with Crippen molar-refractivity contribution in [3.8, 4) is 0 Å². The van der Waals surface area contributed by atoms with Gasteiger partial charge in [0.2, 0.25) is 0 Å². The molecule has 1 aromatic carbocycles. The summed E-state index contributed by atoms with van der Waals surface area (Å²) in [7, 11) is 0. The Hall–Kier alpha value is -2.68. The van der Waals surface area contributed by atoms with E-state index in [0.29, 0.717) is 5.69 Å². The van der Waals surface area contributed by atoms with Gasteiger partial charge in [0.15, 0.2) is 6.10 Å². The summed E-state index contributed by atoms with van der Waals surface area (Å²) < 4.78 is 0. The van der Waals surface area contributed by atoms with Gasteiger partial charge in [0, 0.05) is 30.8 Å². The van der Waals surface area contributed by atoms with Crippen molar-refractivity contribution >= 4 is 23.4 Å². The van der Waals surface area contributed by atoms with Gasteiger partial charge in [-0.1, -0.05) is 0 Å². The van der Waals surface area contributed by atoms with Crippen molar-refractivity contribution in [3.05, 3.63) is 34.4 Å². The summed E-state index contributed by atoms with van der Waals surface area (Å²) in [4.78, 5) is 31.6. The van der Waals surface area contributed by atoms with Crippen LogP contribution >= 0.6 is 0 Å². The number of non-ortho nitro benzene ring substituents is 1. The molecule has 1 aromatic rings. The lowest BCUT2D eigenvalue weighted by atomic mass is 10.2. The molecule has 0 bridgehead atoms. The van der Waals surface area contributed by atoms with Gasteiger partial charge in [0.25, 0.3) is 5.69 Å². The number of hydrogen-bond acceptors (Lipinski definition) is 5. The van der Waals surface area contributed by atoms with Gasteiger partial charge in [-0.25, -0.2) is 9.59 Å². The molecule has 0 saturated heterocycles. The number of aliphatic hydroxyl groups is 1. The quantitative estimate of drug-likeness (QED) is 0.443. The molecule has 0 aliphatic heterocycles. The second-order valence-electron chi connectivity index (χ2n) is 3.83. The molecule has 9 heteroatoms. The Bertz CT molecular complexity index is 501. The third-order valence-corrected chi connectivity index (χ3v) is 2.32. The average molecular weight is 283 g/mol. The molecular weight excluding hydrogens is 270 g/mol. The van der Waals surface area contributed by atoms with Gasteiger partial charge in [-0.2, -0.15) is 0 Å². The zero-order chi connectivity index (χ0) is 15.1. The molecule has 0 saturated carbocycles. The number of rotatable bonds is 6. The zero-order valence-corrected chi connectivity index (χ0v) is 10.3. The summed E-state index contributed by atoms with van der Waals surface area (Å²) in [5.41, 5.74) is 0.257. The number of amides is 2. The maximum Gasteiger partial charge on any atom is 0.332 e. The van der Waals surface area contributed by atoms with Crippen molar-refractivity contribution < 1.29 is 24.7 Å². The van der Waals surface area contributed by atoms with Crippen molar-refractivity contribution in [1.29, 1.82) is 0 Å². The Morgan fingerprint density at radius 1 is 1.30 bits per heavy atom. The second kappa shape index (κ2) is 7.04. The number of aliphatic hydroxyl groups excluding tert-OH is 1. The molecule has 0 spiro atoms. The number of aliphatic carboxylic acids is 1. The van der Waals surface area contributed by atoms with Crippen LogP contribution in [0.1, 0.15) is 6.42 Å². The molecule has 0 aromatic heterocycles. The first-order valence-electron chi connectivity index (χ1n) is 5.60. The minimum absolute atomic E-state index is 0.0215. The molecule has 2 amide bonds. The van der Waals surface area contributed by atoms with Crippen molar-refractivity contribution in [2.45, 2.75) is 12.5 Å². The number of hydrogen-bond donors (Lipinski definition) is 4. The highest BCUT2D eigenvalue weighted by molar-refractivity contribution is 5.89. The van der Waals surface area contributed by atoms with Crippen LogP contribution in [0.2, 0.25) is 0 Å². The monoisotopic (exact) mass is 283 g/mol. The van der Waals surface area contributed by atoms with E-state index in [1.54, 1.807) is 0 Å². The van der Waals surface area contributed by atoms with Gasteiger partial charge in [-0.3, -0.25) is 10.1 Å². The number of nitrogens with zero attached hydrogens (tertiary/aromatic N) is 1. The van der Waals surface area contributed by atoms with E-state index in [-0.39, 0.29) is 18.7 Å². The van der Waals surface area contributed by atoms with Gasteiger partial charge in [-0.05, 0) is 12.1 Å². The first-order chi connectivity index (χ1) is 9.40. The lowest BCUT2D eigenvalue weighted by molar-refractivity contribution is -0.384. The number of carboxylic acids is 1. The van der Waals surface area contributed by atoms with Gasteiger partial charge in [-0.15, -0.1) is 0 Å². The molecule has 0 heterocycles. The molecule has 0 radical (unpaired) electrons. The number of carboxylic acid groups (broad SMARTS) is 1. The van der Waals surface area contributed by atoms with Crippen LogP contribution in [0.4, 0.5) is 16.2 Å². The van der Waals surface area contributed by atoms with Crippen LogP contribution in [0.5, 0.6) is 0 Å². The van der Waals surface area contributed by atoms with E-state index in [0.717, 1.165) is 0 Å². The number of nitro benzene ring substituents is 1. The number of benzene rings is 1. The maximum absolute atomic E-state index is 11.4. The molecule has 0 aliphatic rings. The van der Waals surface area contributed by atoms with Crippen LogP contribution < -0.4 is 10.6 Å². The van der Waals surface area contributed by atoms with Gasteiger partial charge < -0.3 is 20.8 Å². The Morgan fingerprint density at radius 3 is 2.40 bits per heavy atom. The van der Waals surface area contributed by atoms with E-state index >= 15 is 0 Å². The molecule has 1 rings (SSSR count). The summed E-state index contributed by atoms with van der Waals surface area (Å²) in [5, 5.41) is 32.6. The van der Waals surface area contributed by atoms with Crippen LogP contribution in [0.3, 0.4) is 0 Å². The second-order valence-corrected chi connectivity index (χ2v) is 3.83. The fraction of sp³-hybridized carbons (Fsp3) is 0.273. The Balaban J connectivity index is 2.39. The minimum Gasteiger partial charge on any atom is -0.479 e. The summed E-state index contributed by atoms with van der Waals surface area (Å²) in [6.07, 6.45) is -1.65. The number of urea groups is 1. The molecular formula is C11H13N3O6. The van der Waals surface area contributed by atoms with Crippen LogP contribution in [0, 0.1) is 10.1 Å². The van der Waals surface area contributed by atoms with E-state index in [2.05, 4.69) is 10.6 Å². The standard InChI is InChI=1S/C11H13N3O6/c15-9(10(16)17)5-6-12-11(18)13-7-1-3-8(4-2-7)14(19)20/h1-4,9,15H,5-6H2,(H,16,17)(H2,12,13,18). The highest BCUT2D eigenvalue weighted by Crippen LogP contribution is 2.15. The van der Waals surface area contributed by atoms with E-state index < -0.39 is 23.0 Å². The summed E-state index contributed by atoms with van der Waals surface area (Å²) >= 11 is 0. The van der Waals surface area contributed by atoms with Gasteiger partial charge >= 0.3 is 12.0 Å². The highest BCUT2D eigenvalue weighted by atomic mass is 16.6. The van der Waals surface area contributed by atoms with Crippen molar-refractivity contribution in [2.24, 2.45) is 0 Å². The van der Waals surface area contributed by atoms with Crippen molar-refractivity contribution in [3.63, 3.8) is 0 Å². The first-order valence-corrected chi connectivity index (χ1v) is 5.60. The largest absolute Gasteiger partial charge is 0.479 e. The molecule has 20 heavy (non-hydrogen) atoms. The average Bonchev–Trinajstić information content (AvgIpc) is 2.39. The molecule has 9 nitrogen and oxygen atoms in total. The lowest BCUT2D eigenvalue weighted by Crippen LogP contribution is -2.33. The summed E-state index contributed by atoms with van der Waals surface area (Å²) in [6, 6.07) is 4.61. The zero-order valence-electron chi connectivity index (χ0n) is 10.3. The van der Waals surface area contributed by atoms with E-state index in [1.807, 2.05) is 0 Å². The van der Waals surface area contributed by atoms with E-state index in [9.17, 15) is 19.7 Å². The van der Waals surface area contributed by atoms with Gasteiger partial charge in [0.1, 0.15) is 0 Å². The number of carbonyl (C=O) groups excluding carboxylic acids is 1. The Labute approximate surface area is 113 Å². The van der Waals surface area contributed by atoms with Crippen molar-refractivity contribution in [1.82, 2.24) is 5.32 Å². The maximum atomic E-state index is 11.4. The molecule has 4 N–H and O–H groups in total. The molecule has 108 valence electrons. The fourth-order valence-corrected chi connectivity index (χ4v) is 1.29. The number of anilines is 1. The van der Waals surface area contributed by atoms with Crippen molar-refractivity contribution in [2.75, 3.05) is 11.9 Å². The predicted molar refractivity (Wildman–Crippen MR) is 68.4 cm³/mol. The predicted octanol–water partition coefficient (Wildman–Crippen LogP) is 0.552.